The summed E-state index contributed by atoms with van der Waals surface area (Å²) in [5, 5.41) is 2.73. The van der Waals surface area contributed by atoms with Crippen LogP contribution in [-0.2, 0) is 0 Å². The van der Waals surface area contributed by atoms with Gasteiger partial charge in [-0.05, 0) is 43.7 Å². The molecule has 0 atom stereocenters. The van der Waals surface area contributed by atoms with E-state index in [-0.39, 0.29) is 5.56 Å². The van der Waals surface area contributed by atoms with E-state index >= 15 is 0 Å². The van der Waals surface area contributed by atoms with Crippen LogP contribution in [0.5, 0.6) is 0 Å². The summed E-state index contributed by atoms with van der Waals surface area (Å²) in [4.78, 5) is 12.1. The average molecular weight is 322 g/mol. The van der Waals surface area contributed by atoms with E-state index in [1.54, 1.807) is 12.1 Å². The summed E-state index contributed by atoms with van der Waals surface area (Å²) in [6, 6.07) is 10.0. The fourth-order valence-electron chi connectivity index (χ4n) is 1.73. The van der Waals surface area contributed by atoms with Crippen LogP contribution in [-0.4, -0.2) is 5.91 Å². The van der Waals surface area contributed by atoms with Gasteiger partial charge in [0.15, 0.2) is 0 Å². The van der Waals surface area contributed by atoms with Gasteiger partial charge in [-0.2, -0.15) is 0 Å². The monoisotopic (exact) mass is 321 g/mol. The van der Waals surface area contributed by atoms with Crippen LogP contribution in [0.25, 0.3) is 0 Å². The maximum absolute atomic E-state index is 13.6. The molecule has 4 heteroatoms. The minimum absolute atomic E-state index is 0.0550. The molecule has 0 aliphatic heterocycles. The molecular weight excluding hydrogens is 309 g/mol. The lowest BCUT2D eigenvalue weighted by atomic mass is 10.1. The predicted molar refractivity (Wildman–Crippen MR) is 78.0 cm³/mol. The highest BCUT2D eigenvalue weighted by atomic mass is 79.9. The molecule has 0 radical (unpaired) electrons. The van der Waals surface area contributed by atoms with Crippen LogP contribution in [0.15, 0.2) is 40.9 Å². The number of halogens is 2. The van der Waals surface area contributed by atoms with Gasteiger partial charge >= 0.3 is 0 Å². The normalized spacial score (nSPS) is 10.3. The zero-order valence-corrected chi connectivity index (χ0v) is 12.2. The van der Waals surface area contributed by atoms with Gasteiger partial charge in [-0.3, -0.25) is 4.79 Å². The first kappa shape index (κ1) is 13.7. The van der Waals surface area contributed by atoms with Crippen molar-refractivity contribution in [1.82, 2.24) is 0 Å². The summed E-state index contributed by atoms with van der Waals surface area (Å²) >= 11 is 3.34. The summed E-state index contributed by atoms with van der Waals surface area (Å²) in [5.74, 6) is -0.960. The van der Waals surface area contributed by atoms with E-state index in [0.717, 1.165) is 15.6 Å². The summed E-state index contributed by atoms with van der Waals surface area (Å²) in [6.45, 7) is 3.70. The van der Waals surface area contributed by atoms with E-state index in [4.69, 9.17) is 0 Å². The molecule has 0 heterocycles. The number of carbonyl (C=O) groups is 1. The summed E-state index contributed by atoms with van der Waals surface area (Å²) in [5.41, 5.74) is 2.49. The molecule has 0 aromatic heterocycles. The van der Waals surface area contributed by atoms with E-state index in [1.807, 2.05) is 26.0 Å². The predicted octanol–water partition coefficient (Wildman–Crippen LogP) is 4.46. The summed E-state index contributed by atoms with van der Waals surface area (Å²) in [6.07, 6.45) is 0. The Labute approximate surface area is 119 Å². The van der Waals surface area contributed by atoms with E-state index in [0.29, 0.717) is 5.69 Å². The number of carbonyl (C=O) groups excluding carboxylic acids is 1. The Morgan fingerprint density at radius 3 is 2.63 bits per heavy atom. The van der Waals surface area contributed by atoms with Crippen molar-refractivity contribution in [3.8, 4) is 0 Å². The molecule has 0 bridgehead atoms. The van der Waals surface area contributed by atoms with Crippen molar-refractivity contribution in [2.45, 2.75) is 13.8 Å². The van der Waals surface area contributed by atoms with Crippen LogP contribution in [0.1, 0.15) is 21.5 Å². The fourth-order valence-corrected chi connectivity index (χ4v) is 2.09. The topological polar surface area (TPSA) is 29.1 Å². The number of anilines is 1. The quantitative estimate of drug-likeness (QED) is 0.869. The molecule has 0 aliphatic rings. The number of hydrogen-bond donors (Lipinski definition) is 1. The molecule has 2 nitrogen and oxygen atoms in total. The van der Waals surface area contributed by atoms with Gasteiger partial charge in [-0.15, -0.1) is 0 Å². The van der Waals surface area contributed by atoms with E-state index in [9.17, 15) is 9.18 Å². The second-order valence-electron chi connectivity index (χ2n) is 4.40. The number of hydrogen-bond acceptors (Lipinski definition) is 1. The Balaban J connectivity index is 2.30. The van der Waals surface area contributed by atoms with Crippen LogP contribution >= 0.6 is 15.9 Å². The van der Waals surface area contributed by atoms with Crippen LogP contribution in [0.4, 0.5) is 10.1 Å². The number of rotatable bonds is 2. The van der Waals surface area contributed by atoms with Crippen molar-refractivity contribution >= 4 is 27.5 Å². The van der Waals surface area contributed by atoms with Crippen molar-refractivity contribution in [3.63, 3.8) is 0 Å². The number of nitrogens with one attached hydrogen (secondary N) is 1. The molecule has 1 N–H and O–H groups in total. The van der Waals surface area contributed by atoms with Crippen molar-refractivity contribution in [1.29, 1.82) is 0 Å². The van der Waals surface area contributed by atoms with Gasteiger partial charge in [0, 0.05) is 10.2 Å². The smallest absolute Gasteiger partial charge is 0.258 e. The maximum atomic E-state index is 13.6. The first-order chi connectivity index (χ1) is 8.97. The van der Waals surface area contributed by atoms with Gasteiger partial charge in [0.1, 0.15) is 5.82 Å². The zero-order chi connectivity index (χ0) is 14.0. The highest BCUT2D eigenvalue weighted by molar-refractivity contribution is 9.10. The standard InChI is InChI=1S/C15H13BrFNO/c1-9-3-6-13(17)12(7-9)15(19)18-14-8-11(16)5-4-10(14)2/h3-8H,1-2H3,(H,18,19). The molecule has 2 rings (SSSR count). The Kier molecular flexibility index (Phi) is 4.00. The Bertz CT molecular complexity index is 640. The molecule has 19 heavy (non-hydrogen) atoms. The molecule has 2 aromatic carbocycles. The van der Waals surface area contributed by atoms with Gasteiger partial charge in [0.05, 0.1) is 5.56 Å². The van der Waals surface area contributed by atoms with Crippen LogP contribution in [0, 0.1) is 19.7 Å². The third-order valence-electron chi connectivity index (χ3n) is 2.81. The Morgan fingerprint density at radius 2 is 1.89 bits per heavy atom. The summed E-state index contributed by atoms with van der Waals surface area (Å²) in [7, 11) is 0. The van der Waals surface area contributed by atoms with Crippen LogP contribution in [0.2, 0.25) is 0 Å². The van der Waals surface area contributed by atoms with Crippen molar-refractivity contribution in [2.75, 3.05) is 5.32 Å². The minimum atomic E-state index is -0.518. The molecule has 0 saturated carbocycles. The average Bonchev–Trinajstić information content (AvgIpc) is 2.36. The van der Waals surface area contributed by atoms with Crippen molar-refractivity contribution < 1.29 is 9.18 Å². The first-order valence-electron chi connectivity index (χ1n) is 5.81. The van der Waals surface area contributed by atoms with Crippen LogP contribution < -0.4 is 5.32 Å². The second kappa shape index (κ2) is 5.53. The Morgan fingerprint density at radius 1 is 1.16 bits per heavy atom. The SMILES string of the molecule is Cc1ccc(F)c(C(=O)Nc2cc(Br)ccc2C)c1. The van der Waals surface area contributed by atoms with Gasteiger partial charge in [0.25, 0.3) is 5.91 Å². The lowest BCUT2D eigenvalue weighted by Crippen LogP contribution is -2.14. The van der Waals surface area contributed by atoms with Gasteiger partial charge in [-0.1, -0.05) is 33.6 Å². The first-order valence-corrected chi connectivity index (χ1v) is 6.60. The lowest BCUT2D eigenvalue weighted by Gasteiger charge is -2.10. The third-order valence-corrected chi connectivity index (χ3v) is 3.31. The van der Waals surface area contributed by atoms with Crippen molar-refractivity contribution in [2.24, 2.45) is 0 Å². The largest absolute Gasteiger partial charge is 0.322 e. The highest BCUT2D eigenvalue weighted by Gasteiger charge is 2.13. The van der Waals surface area contributed by atoms with E-state index in [1.165, 1.54) is 12.1 Å². The fraction of sp³-hybridized carbons (Fsp3) is 0.133. The van der Waals surface area contributed by atoms with Gasteiger partial charge < -0.3 is 5.32 Å². The molecular formula is C15H13BrFNO. The molecule has 0 spiro atoms. The van der Waals surface area contributed by atoms with Crippen LogP contribution in [0.3, 0.4) is 0 Å². The summed E-state index contributed by atoms with van der Waals surface area (Å²) < 4.78 is 14.5. The lowest BCUT2D eigenvalue weighted by molar-refractivity contribution is 0.102. The number of amides is 1. The highest BCUT2D eigenvalue weighted by Crippen LogP contribution is 2.22. The van der Waals surface area contributed by atoms with Crippen molar-refractivity contribution in [3.05, 3.63) is 63.4 Å². The molecule has 1 amide bonds. The zero-order valence-electron chi connectivity index (χ0n) is 10.6. The Hall–Kier alpha value is -1.68. The molecule has 0 aliphatic carbocycles. The number of aryl methyl sites for hydroxylation is 2. The molecule has 98 valence electrons. The number of benzene rings is 2. The van der Waals surface area contributed by atoms with E-state index in [2.05, 4.69) is 21.2 Å². The van der Waals surface area contributed by atoms with Gasteiger partial charge in [0.2, 0.25) is 0 Å². The minimum Gasteiger partial charge on any atom is -0.322 e. The molecule has 2 aromatic rings. The molecule has 0 saturated heterocycles. The molecule has 0 fully saturated rings. The molecule has 0 unspecified atom stereocenters. The maximum Gasteiger partial charge on any atom is 0.258 e. The third kappa shape index (κ3) is 3.20. The second-order valence-corrected chi connectivity index (χ2v) is 5.31. The van der Waals surface area contributed by atoms with Gasteiger partial charge in [-0.25, -0.2) is 4.39 Å². The van der Waals surface area contributed by atoms with E-state index < -0.39 is 11.7 Å².